The number of carboxylic acids is 1. The van der Waals surface area contributed by atoms with Crippen LogP contribution >= 0.6 is 0 Å². The first-order chi connectivity index (χ1) is 11.6. The molecule has 0 aromatic carbocycles. The van der Waals surface area contributed by atoms with E-state index >= 15 is 0 Å². The minimum Gasteiger partial charge on any atom is -0.475 e. The van der Waals surface area contributed by atoms with Gasteiger partial charge in [-0.2, -0.15) is 13.2 Å². The smallest absolute Gasteiger partial charge is 0.475 e. The Hall–Kier alpha value is -1.31. The lowest BCUT2D eigenvalue weighted by atomic mass is 9.84. The molecular weight excluding hydrogens is 337 g/mol. The molecule has 2 rings (SSSR count). The number of carbonyl (C=O) groups is 2. The maximum absolute atomic E-state index is 12.4. The zero-order valence-corrected chi connectivity index (χ0v) is 15.2. The zero-order valence-electron chi connectivity index (χ0n) is 15.2. The minimum atomic E-state index is -5.08. The Bertz CT molecular complexity index is 457. The SMILES string of the molecule is CCC(CC)C(=O)N1CCC2(CCCN2C)CC1.O=C(O)C(F)(F)F. The van der Waals surface area contributed by atoms with Crippen LogP contribution in [0.4, 0.5) is 13.2 Å². The van der Waals surface area contributed by atoms with Crippen molar-refractivity contribution in [1.29, 1.82) is 0 Å². The van der Waals surface area contributed by atoms with Gasteiger partial charge in [-0.1, -0.05) is 13.8 Å². The van der Waals surface area contributed by atoms with Crippen molar-refractivity contribution in [1.82, 2.24) is 9.80 Å². The molecule has 0 aliphatic carbocycles. The van der Waals surface area contributed by atoms with Crippen molar-refractivity contribution in [3.63, 3.8) is 0 Å². The second kappa shape index (κ2) is 8.87. The number of likely N-dealkylation sites (tertiary alicyclic amines) is 2. The number of piperidine rings is 1. The largest absolute Gasteiger partial charge is 0.490 e. The molecule has 5 nitrogen and oxygen atoms in total. The van der Waals surface area contributed by atoms with Crippen LogP contribution in [0.5, 0.6) is 0 Å². The van der Waals surface area contributed by atoms with E-state index in [0.29, 0.717) is 11.4 Å². The van der Waals surface area contributed by atoms with Crippen LogP contribution in [0.2, 0.25) is 0 Å². The predicted octanol–water partition coefficient (Wildman–Crippen LogP) is 3.14. The van der Waals surface area contributed by atoms with Gasteiger partial charge < -0.3 is 14.9 Å². The van der Waals surface area contributed by atoms with Crippen LogP contribution in [0, 0.1) is 5.92 Å². The van der Waals surface area contributed by atoms with E-state index in [1.807, 2.05) is 0 Å². The summed E-state index contributed by atoms with van der Waals surface area (Å²) in [7, 11) is 2.26. The van der Waals surface area contributed by atoms with E-state index in [4.69, 9.17) is 9.90 Å². The molecule has 2 aliphatic heterocycles. The van der Waals surface area contributed by atoms with Crippen molar-refractivity contribution in [2.45, 2.75) is 64.1 Å². The fourth-order valence-electron chi connectivity index (χ4n) is 3.74. The van der Waals surface area contributed by atoms with E-state index in [-0.39, 0.29) is 5.92 Å². The van der Waals surface area contributed by atoms with Crippen molar-refractivity contribution in [2.75, 3.05) is 26.7 Å². The molecule has 0 radical (unpaired) electrons. The summed E-state index contributed by atoms with van der Waals surface area (Å²) in [6, 6.07) is 0. The number of carbonyl (C=O) groups excluding carboxylic acids is 1. The van der Waals surface area contributed by atoms with Gasteiger partial charge in [0.05, 0.1) is 0 Å². The van der Waals surface area contributed by atoms with Crippen LogP contribution < -0.4 is 0 Å². The Morgan fingerprint density at radius 2 is 1.56 bits per heavy atom. The van der Waals surface area contributed by atoms with Crippen molar-refractivity contribution >= 4 is 11.9 Å². The lowest BCUT2D eigenvalue weighted by molar-refractivity contribution is -0.192. The Balaban J connectivity index is 0.000000381. The highest BCUT2D eigenvalue weighted by Gasteiger charge is 2.42. The van der Waals surface area contributed by atoms with Crippen LogP contribution in [0.15, 0.2) is 0 Å². The molecule has 0 aromatic rings. The van der Waals surface area contributed by atoms with Crippen molar-refractivity contribution in [3.05, 3.63) is 0 Å². The summed E-state index contributed by atoms with van der Waals surface area (Å²) in [5.74, 6) is -2.11. The van der Waals surface area contributed by atoms with Crippen LogP contribution in [0.3, 0.4) is 0 Å². The standard InChI is InChI=1S/C15H28N2O.C2HF3O2/c1-4-13(5-2)14(18)17-11-8-15(9-12-17)7-6-10-16(15)3;3-2(4,5)1(6)7/h13H,4-12H2,1-3H3;(H,6,7). The molecule has 0 unspecified atom stereocenters. The topological polar surface area (TPSA) is 60.9 Å². The highest BCUT2D eigenvalue weighted by atomic mass is 19.4. The third-order valence-electron chi connectivity index (χ3n) is 5.53. The summed E-state index contributed by atoms with van der Waals surface area (Å²) < 4.78 is 31.7. The Morgan fingerprint density at radius 3 is 1.88 bits per heavy atom. The average Bonchev–Trinajstić information content (AvgIpc) is 2.89. The van der Waals surface area contributed by atoms with E-state index in [0.717, 1.165) is 25.9 Å². The highest BCUT2D eigenvalue weighted by Crippen LogP contribution is 2.37. The number of hydrogen-bond acceptors (Lipinski definition) is 3. The van der Waals surface area contributed by atoms with Crippen molar-refractivity contribution < 1.29 is 27.9 Å². The molecule has 2 fully saturated rings. The quantitative estimate of drug-likeness (QED) is 0.834. The van der Waals surface area contributed by atoms with Gasteiger partial charge in [-0.15, -0.1) is 0 Å². The molecule has 1 spiro atoms. The fourth-order valence-corrected chi connectivity index (χ4v) is 3.74. The van der Waals surface area contributed by atoms with Gasteiger partial charge in [0.25, 0.3) is 0 Å². The Morgan fingerprint density at radius 1 is 1.08 bits per heavy atom. The van der Waals surface area contributed by atoms with Gasteiger partial charge in [0.1, 0.15) is 0 Å². The molecule has 0 bridgehead atoms. The highest BCUT2D eigenvalue weighted by molar-refractivity contribution is 5.78. The molecule has 1 amide bonds. The van der Waals surface area contributed by atoms with Gasteiger partial charge in [-0.25, -0.2) is 4.79 Å². The molecule has 0 atom stereocenters. The van der Waals surface area contributed by atoms with Gasteiger partial charge in [-0.05, 0) is 52.1 Å². The van der Waals surface area contributed by atoms with Gasteiger partial charge in [0.15, 0.2) is 0 Å². The van der Waals surface area contributed by atoms with E-state index in [1.165, 1.54) is 32.2 Å². The summed E-state index contributed by atoms with van der Waals surface area (Å²) >= 11 is 0. The van der Waals surface area contributed by atoms with Crippen molar-refractivity contribution in [2.24, 2.45) is 5.92 Å². The number of amides is 1. The lowest BCUT2D eigenvalue weighted by Gasteiger charge is -2.44. The first kappa shape index (κ1) is 21.7. The number of hydrogen-bond donors (Lipinski definition) is 1. The normalized spacial score (nSPS) is 20.5. The number of rotatable bonds is 3. The van der Waals surface area contributed by atoms with E-state index in [9.17, 15) is 18.0 Å². The second-order valence-corrected chi connectivity index (χ2v) is 6.89. The maximum Gasteiger partial charge on any atom is 0.490 e. The lowest BCUT2D eigenvalue weighted by Crippen LogP contribution is -2.52. The summed E-state index contributed by atoms with van der Waals surface area (Å²) in [5.41, 5.74) is 0.421. The summed E-state index contributed by atoms with van der Waals surface area (Å²) in [6.07, 6.45) is 1.89. The number of alkyl halides is 3. The van der Waals surface area contributed by atoms with Gasteiger partial charge >= 0.3 is 12.1 Å². The molecule has 25 heavy (non-hydrogen) atoms. The third-order valence-corrected chi connectivity index (χ3v) is 5.53. The predicted molar refractivity (Wildman–Crippen MR) is 88.2 cm³/mol. The third kappa shape index (κ3) is 5.59. The number of carboxylic acid groups (broad SMARTS) is 1. The minimum absolute atomic E-state index is 0.250. The molecule has 8 heteroatoms. The Labute approximate surface area is 147 Å². The molecular formula is C17H29F3N2O3. The number of nitrogens with zero attached hydrogens (tertiary/aromatic N) is 2. The van der Waals surface area contributed by atoms with Crippen molar-refractivity contribution in [3.8, 4) is 0 Å². The molecule has 2 heterocycles. The maximum atomic E-state index is 12.4. The summed E-state index contributed by atoms with van der Waals surface area (Å²) in [5, 5.41) is 7.12. The van der Waals surface area contributed by atoms with Gasteiger partial charge in [-0.3, -0.25) is 4.79 Å². The van der Waals surface area contributed by atoms with Crippen LogP contribution in [-0.4, -0.2) is 65.2 Å². The molecule has 2 saturated heterocycles. The van der Waals surface area contributed by atoms with E-state index in [2.05, 4.69) is 30.7 Å². The fraction of sp³-hybridized carbons (Fsp3) is 0.882. The summed E-state index contributed by atoms with van der Waals surface area (Å²) in [6.45, 7) is 7.43. The first-order valence-corrected chi connectivity index (χ1v) is 8.87. The van der Waals surface area contributed by atoms with Gasteiger partial charge in [0, 0.05) is 24.5 Å². The van der Waals surface area contributed by atoms with Crippen LogP contribution in [0.1, 0.15) is 52.4 Å². The Kier molecular flexibility index (Phi) is 7.71. The van der Waals surface area contributed by atoms with Crippen LogP contribution in [-0.2, 0) is 9.59 Å². The summed E-state index contributed by atoms with van der Waals surface area (Å²) in [4.78, 5) is 25.9. The average molecular weight is 366 g/mol. The van der Waals surface area contributed by atoms with Crippen LogP contribution in [0.25, 0.3) is 0 Å². The zero-order chi connectivity index (χ0) is 19.3. The van der Waals surface area contributed by atoms with E-state index in [1.54, 1.807) is 0 Å². The molecule has 0 aromatic heterocycles. The van der Waals surface area contributed by atoms with Gasteiger partial charge in [0.2, 0.25) is 5.91 Å². The molecule has 146 valence electrons. The van der Waals surface area contributed by atoms with E-state index < -0.39 is 12.1 Å². The first-order valence-electron chi connectivity index (χ1n) is 8.87. The number of halogens is 3. The molecule has 1 N–H and O–H groups in total. The monoisotopic (exact) mass is 366 g/mol. The number of aliphatic carboxylic acids is 1. The molecule has 0 saturated carbocycles. The molecule has 2 aliphatic rings. The second-order valence-electron chi connectivity index (χ2n) is 6.89.